The summed E-state index contributed by atoms with van der Waals surface area (Å²) >= 11 is 0. The molecule has 0 unspecified atom stereocenters. The van der Waals surface area contributed by atoms with Gasteiger partial charge in [0.2, 0.25) is 0 Å². The van der Waals surface area contributed by atoms with Crippen molar-refractivity contribution < 1.29 is 22.5 Å². The summed E-state index contributed by atoms with van der Waals surface area (Å²) in [6.07, 6.45) is 1.15. The molecular formula is C28H30Br2NOP. The maximum absolute atomic E-state index is 2.62. The fraction of sp³-hybridized carbons (Fsp3) is 0.143. The Balaban J connectivity index is 0.00000128. The van der Waals surface area contributed by atoms with Gasteiger partial charge in [0.05, 0.1) is 6.16 Å². The van der Waals surface area contributed by atoms with E-state index in [1.165, 1.54) is 27.0 Å². The van der Waals surface area contributed by atoms with Crippen LogP contribution in [0.3, 0.4) is 0 Å². The van der Waals surface area contributed by atoms with Crippen LogP contribution in [0.25, 0.3) is 0 Å². The van der Waals surface area contributed by atoms with Crippen molar-refractivity contribution in [2.24, 2.45) is 0 Å². The van der Waals surface area contributed by atoms with E-state index in [0.717, 1.165) is 25.8 Å². The first-order valence-electron chi connectivity index (χ1n) is 10.7. The van der Waals surface area contributed by atoms with E-state index in [2.05, 4.69) is 120 Å². The molecule has 1 aliphatic rings. The molecule has 0 saturated carbocycles. The first-order valence-corrected chi connectivity index (χ1v) is 12.7. The lowest BCUT2D eigenvalue weighted by Gasteiger charge is -2.29. The van der Waals surface area contributed by atoms with Gasteiger partial charge in [0.25, 0.3) is 0 Å². The number of nitrogens with zero attached hydrogens (tertiary/aromatic N) is 1. The number of benzene rings is 4. The third-order valence-electron chi connectivity index (χ3n) is 6.25. The summed E-state index contributed by atoms with van der Waals surface area (Å²) in [4.78, 5) is 2.62. The van der Waals surface area contributed by atoms with Crippen LogP contribution in [0.5, 0.6) is 0 Å². The summed E-state index contributed by atoms with van der Waals surface area (Å²) < 4.78 is 0. The first-order chi connectivity index (χ1) is 14.9. The minimum absolute atomic E-state index is 0. The second kappa shape index (κ2) is 12.6. The molecule has 2 nitrogen and oxygen atoms in total. The second-order valence-corrected chi connectivity index (χ2v) is 11.6. The Morgan fingerprint density at radius 1 is 0.545 bits per heavy atom. The lowest BCUT2D eigenvalue weighted by atomic mass is 10.1. The van der Waals surface area contributed by atoms with Gasteiger partial charge < -0.3 is 22.5 Å². The number of fused-ring (bicyclic) bond motifs is 1. The molecule has 4 aromatic rings. The average Bonchev–Trinajstić information content (AvgIpc) is 3.25. The van der Waals surface area contributed by atoms with Crippen molar-refractivity contribution in [2.45, 2.75) is 13.1 Å². The summed E-state index contributed by atoms with van der Waals surface area (Å²) in [6, 6.07) is 42.5. The molecule has 0 radical (unpaired) electrons. The molecule has 1 heterocycles. The van der Waals surface area contributed by atoms with E-state index < -0.39 is 7.26 Å². The molecule has 0 bridgehead atoms. The summed E-state index contributed by atoms with van der Waals surface area (Å²) in [5.74, 6) is 0. The van der Waals surface area contributed by atoms with Crippen LogP contribution in [-0.2, 0) is 13.1 Å². The van der Waals surface area contributed by atoms with Crippen LogP contribution >= 0.6 is 24.2 Å². The fourth-order valence-electron chi connectivity index (χ4n) is 4.74. The monoisotopic (exact) mass is 585 g/mol. The average molecular weight is 587 g/mol. The highest BCUT2D eigenvalue weighted by Gasteiger charge is 2.45. The van der Waals surface area contributed by atoms with Crippen molar-refractivity contribution in [3.8, 4) is 0 Å². The van der Waals surface area contributed by atoms with E-state index >= 15 is 0 Å². The molecule has 5 heteroatoms. The molecule has 0 atom stereocenters. The van der Waals surface area contributed by atoms with Crippen LogP contribution in [0.15, 0.2) is 115 Å². The van der Waals surface area contributed by atoms with Crippen molar-refractivity contribution in [3.63, 3.8) is 0 Å². The number of halogens is 2. The van der Waals surface area contributed by atoms with Crippen LogP contribution < -0.4 is 32.9 Å². The third-order valence-corrected chi connectivity index (χ3v) is 10.7. The highest BCUT2D eigenvalue weighted by atomic mass is 79.9. The predicted octanol–water partition coefficient (Wildman–Crippen LogP) is 1.75. The maximum Gasteiger partial charge on any atom is 0.113 e. The van der Waals surface area contributed by atoms with Gasteiger partial charge in [-0.05, 0) is 47.5 Å². The lowest BCUT2D eigenvalue weighted by Crippen LogP contribution is -3.00. The van der Waals surface area contributed by atoms with Gasteiger partial charge >= 0.3 is 0 Å². The molecule has 0 fully saturated rings. The van der Waals surface area contributed by atoms with E-state index in [1.807, 2.05) is 0 Å². The Labute approximate surface area is 218 Å². The van der Waals surface area contributed by atoms with Crippen molar-refractivity contribution in [3.05, 3.63) is 126 Å². The van der Waals surface area contributed by atoms with Crippen molar-refractivity contribution >= 4 is 40.2 Å². The van der Waals surface area contributed by atoms with Gasteiger partial charge in [-0.2, -0.15) is 0 Å². The Bertz CT molecular complexity index is 989. The zero-order valence-corrected chi connectivity index (χ0v) is 22.7. The van der Waals surface area contributed by atoms with E-state index in [-0.39, 0.29) is 39.4 Å². The summed E-state index contributed by atoms with van der Waals surface area (Å²) in [5.41, 5.74) is 2.97. The molecule has 4 aromatic carbocycles. The van der Waals surface area contributed by atoms with Gasteiger partial charge in [0.15, 0.2) is 0 Å². The predicted molar refractivity (Wildman–Crippen MR) is 145 cm³/mol. The number of hydrogen-bond donors (Lipinski definition) is 0. The van der Waals surface area contributed by atoms with Crippen LogP contribution in [-0.4, -0.2) is 23.1 Å². The molecule has 1 aliphatic heterocycles. The Morgan fingerprint density at radius 3 is 1.24 bits per heavy atom. The van der Waals surface area contributed by atoms with Crippen LogP contribution in [0.4, 0.5) is 0 Å². The number of rotatable bonds is 6. The minimum Gasteiger partial charge on any atom is -1.00 e. The maximum atomic E-state index is 2.62. The SMILES string of the molecule is Br.O.[Br-].c1ccc([P+](CCN2Cc3ccccc3C2)(c2ccccc2)c2ccccc2)cc1. The summed E-state index contributed by atoms with van der Waals surface area (Å²) in [6.45, 7) is 3.23. The normalized spacial score (nSPS) is 12.6. The lowest BCUT2D eigenvalue weighted by molar-refractivity contribution is -0.00000714. The largest absolute Gasteiger partial charge is 1.00 e. The highest BCUT2D eigenvalue weighted by molar-refractivity contribution is 8.93. The quantitative estimate of drug-likeness (QED) is 0.317. The summed E-state index contributed by atoms with van der Waals surface area (Å²) in [7, 11) is -1.74. The van der Waals surface area contributed by atoms with Gasteiger partial charge in [0, 0.05) is 19.6 Å². The van der Waals surface area contributed by atoms with Crippen molar-refractivity contribution in [1.82, 2.24) is 4.90 Å². The van der Waals surface area contributed by atoms with E-state index in [9.17, 15) is 0 Å². The molecule has 0 spiro atoms. The summed E-state index contributed by atoms with van der Waals surface area (Å²) in [5, 5.41) is 4.41. The van der Waals surface area contributed by atoms with E-state index in [1.54, 1.807) is 0 Å². The molecule has 2 N–H and O–H groups in total. The smallest absolute Gasteiger partial charge is 0.113 e. The van der Waals surface area contributed by atoms with Gasteiger partial charge in [-0.1, -0.05) is 78.9 Å². The Kier molecular flexibility index (Phi) is 10.5. The fourth-order valence-corrected chi connectivity index (χ4v) is 9.03. The third kappa shape index (κ3) is 5.65. The zero-order valence-electron chi connectivity index (χ0n) is 18.5. The Morgan fingerprint density at radius 2 is 0.879 bits per heavy atom. The van der Waals surface area contributed by atoms with E-state index in [4.69, 9.17) is 0 Å². The van der Waals surface area contributed by atoms with Crippen molar-refractivity contribution in [1.29, 1.82) is 0 Å². The molecule has 0 aromatic heterocycles. The minimum atomic E-state index is -1.74. The Hall–Kier alpha value is -1.81. The van der Waals surface area contributed by atoms with Crippen molar-refractivity contribution in [2.75, 3.05) is 12.7 Å². The van der Waals surface area contributed by atoms with Gasteiger partial charge in [-0.25, -0.2) is 0 Å². The zero-order chi connectivity index (χ0) is 20.2. The van der Waals surface area contributed by atoms with Crippen LogP contribution in [0, 0.1) is 0 Å². The molecular weight excluding hydrogens is 557 g/mol. The standard InChI is InChI=1S/C28H27NP.2BrH.H2O/c1-4-14-26(15-5-1)30(27-16-6-2-7-17-27,28-18-8-3-9-19-28)21-20-29-22-24-12-10-11-13-25(24)23-29;;;/h1-19H,20-23H2;2*1H;1H2/q+1;;;/p-1. The van der Waals surface area contributed by atoms with Crippen LogP contribution in [0.2, 0.25) is 0 Å². The van der Waals surface area contributed by atoms with E-state index in [0.29, 0.717) is 0 Å². The molecule has 0 saturated heterocycles. The second-order valence-electron chi connectivity index (χ2n) is 8.02. The van der Waals surface area contributed by atoms with Gasteiger partial charge in [-0.15, -0.1) is 17.0 Å². The molecule has 0 amide bonds. The molecule has 5 rings (SSSR count). The van der Waals surface area contributed by atoms with Crippen LogP contribution in [0.1, 0.15) is 11.1 Å². The van der Waals surface area contributed by atoms with Gasteiger partial charge in [0.1, 0.15) is 23.2 Å². The highest BCUT2D eigenvalue weighted by Crippen LogP contribution is 2.55. The molecule has 33 heavy (non-hydrogen) atoms. The van der Waals surface area contributed by atoms with Gasteiger partial charge in [-0.3, -0.25) is 4.90 Å². The molecule has 0 aliphatic carbocycles. The first kappa shape index (κ1) is 27.4. The molecule has 172 valence electrons. The topological polar surface area (TPSA) is 34.7 Å². The number of hydrogen-bond acceptors (Lipinski definition) is 1.